The molecule has 3 aromatic rings. The number of halogens is 1. The van der Waals surface area contributed by atoms with Crippen LogP contribution in [0, 0.1) is 0 Å². The van der Waals surface area contributed by atoms with Gasteiger partial charge in [-0.2, -0.15) is 4.98 Å². The minimum Gasteiger partial charge on any atom is -0.492 e. The number of imidazole rings is 1. The van der Waals surface area contributed by atoms with Gasteiger partial charge in [0.25, 0.3) is 0 Å². The largest absolute Gasteiger partial charge is 0.492 e. The van der Waals surface area contributed by atoms with Crippen LogP contribution in [0.5, 0.6) is 5.75 Å². The second-order valence-corrected chi connectivity index (χ2v) is 4.40. The maximum atomic E-state index is 6.15. The molecule has 0 aliphatic heterocycles. The molecule has 3 rings (SSSR count). The molecule has 2 heterocycles. The lowest BCUT2D eigenvalue weighted by Gasteiger charge is -2.12. The van der Waals surface area contributed by atoms with Gasteiger partial charge in [0.15, 0.2) is 10.8 Å². The molecule has 7 heteroatoms. The monoisotopic (exact) mass is 289 g/mol. The van der Waals surface area contributed by atoms with Crippen LogP contribution in [-0.2, 0) is 0 Å². The van der Waals surface area contributed by atoms with E-state index in [1.807, 2.05) is 31.2 Å². The zero-order valence-electron chi connectivity index (χ0n) is 10.7. The van der Waals surface area contributed by atoms with E-state index >= 15 is 0 Å². The van der Waals surface area contributed by atoms with Crippen LogP contribution in [0.15, 0.2) is 30.6 Å². The third-order valence-electron chi connectivity index (χ3n) is 2.84. The third-order valence-corrected chi connectivity index (χ3v) is 3.11. The van der Waals surface area contributed by atoms with E-state index in [1.165, 1.54) is 6.33 Å². The van der Waals surface area contributed by atoms with E-state index in [0.29, 0.717) is 28.7 Å². The predicted molar refractivity (Wildman–Crippen MR) is 77.3 cm³/mol. The Hall–Kier alpha value is -2.34. The van der Waals surface area contributed by atoms with Crippen LogP contribution < -0.4 is 10.5 Å². The number of nitrogens with two attached hydrogens (primary N) is 1. The minimum absolute atomic E-state index is 0.287. The molecule has 0 amide bonds. The lowest BCUT2D eigenvalue weighted by atomic mass is 10.3. The van der Waals surface area contributed by atoms with Crippen molar-refractivity contribution in [2.75, 3.05) is 12.3 Å². The maximum Gasteiger partial charge on any atom is 0.207 e. The number of nitrogens with zero attached hydrogens (tertiary/aromatic N) is 4. The molecule has 0 aliphatic rings. The Morgan fingerprint density at radius 2 is 2.10 bits per heavy atom. The first kappa shape index (κ1) is 12.7. The molecule has 2 aromatic heterocycles. The molecule has 0 saturated carbocycles. The molecule has 0 aliphatic carbocycles. The molecule has 0 spiro atoms. The number of hydrogen-bond donors (Lipinski definition) is 1. The lowest BCUT2D eigenvalue weighted by molar-refractivity contribution is 0.339. The summed E-state index contributed by atoms with van der Waals surface area (Å²) in [5, 5.41) is 0.297. The maximum absolute atomic E-state index is 6.15. The number of anilines is 1. The number of fused-ring (bicyclic) bond motifs is 1. The van der Waals surface area contributed by atoms with Gasteiger partial charge in [-0.05, 0) is 19.1 Å². The van der Waals surface area contributed by atoms with Crippen LogP contribution in [0.4, 0.5) is 5.95 Å². The molecule has 1 aromatic carbocycles. The number of rotatable bonds is 3. The fourth-order valence-corrected chi connectivity index (χ4v) is 2.27. The van der Waals surface area contributed by atoms with Gasteiger partial charge in [-0.15, -0.1) is 0 Å². The molecule has 0 saturated heterocycles. The van der Waals surface area contributed by atoms with Crippen molar-refractivity contribution in [1.82, 2.24) is 19.5 Å². The van der Waals surface area contributed by atoms with E-state index in [4.69, 9.17) is 22.1 Å². The molecule has 102 valence electrons. The Morgan fingerprint density at radius 3 is 2.90 bits per heavy atom. The van der Waals surface area contributed by atoms with Crippen molar-refractivity contribution < 1.29 is 4.74 Å². The zero-order chi connectivity index (χ0) is 14.1. The molecule has 0 atom stereocenters. The van der Waals surface area contributed by atoms with Gasteiger partial charge in [0.2, 0.25) is 5.95 Å². The predicted octanol–water partition coefficient (Wildman–Crippen LogP) is 2.45. The summed E-state index contributed by atoms with van der Waals surface area (Å²) in [6.07, 6.45) is 1.36. The summed E-state index contributed by atoms with van der Waals surface area (Å²) >= 11 is 6.15. The SMILES string of the molecule is CCOc1ccccc1-n1c(N)nc2ncnc(Cl)c21. The molecule has 2 N–H and O–H groups in total. The normalized spacial score (nSPS) is 10.9. The van der Waals surface area contributed by atoms with Gasteiger partial charge in [-0.1, -0.05) is 23.7 Å². The van der Waals surface area contributed by atoms with Gasteiger partial charge in [-0.25, -0.2) is 9.97 Å². The first-order chi connectivity index (χ1) is 9.72. The van der Waals surface area contributed by atoms with Crippen molar-refractivity contribution in [3.05, 3.63) is 35.7 Å². The summed E-state index contributed by atoms with van der Waals surface area (Å²) in [7, 11) is 0. The van der Waals surface area contributed by atoms with E-state index < -0.39 is 0 Å². The molecule has 6 nitrogen and oxygen atoms in total. The van der Waals surface area contributed by atoms with E-state index in [1.54, 1.807) is 4.57 Å². The highest BCUT2D eigenvalue weighted by Gasteiger charge is 2.17. The van der Waals surface area contributed by atoms with Crippen molar-refractivity contribution in [2.24, 2.45) is 0 Å². The smallest absolute Gasteiger partial charge is 0.207 e. The van der Waals surface area contributed by atoms with Crippen LogP contribution in [0.3, 0.4) is 0 Å². The molecule has 0 fully saturated rings. The first-order valence-electron chi connectivity index (χ1n) is 6.09. The zero-order valence-corrected chi connectivity index (χ0v) is 11.5. The average molecular weight is 290 g/mol. The summed E-state index contributed by atoms with van der Waals surface area (Å²) in [5.74, 6) is 0.982. The minimum atomic E-state index is 0.287. The summed E-state index contributed by atoms with van der Waals surface area (Å²) in [4.78, 5) is 12.3. The fourth-order valence-electron chi connectivity index (χ4n) is 2.06. The number of nitrogen functional groups attached to an aromatic ring is 1. The highest BCUT2D eigenvalue weighted by Crippen LogP contribution is 2.31. The standard InChI is InChI=1S/C13H12ClN5O/c1-2-20-9-6-4-3-5-8(9)19-10-11(14)16-7-17-12(10)18-13(19)15/h3-7H,2H2,1H3,(H2,15,16,17,18). The molecule has 0 radical (unpaired) electrons. The van der Waals surface area contributed by atoms with E-state index in [9.17, 15) is 0 Å². The van der Waals surface area contributed by atoms with Crippen LogP contribution in [-0.4, -0.2) is 26.1 Å². The van der Waals surface area contributed by atoms with Crippen molar-refractivity contribution in [3.63, 3.8) is 0 Å². The Bertz CT molecular complexity index is 771. The van der Waals surface area contributed by atoms with Gasteiger partial charge in [0.1, 0.15) is 17.6 Å². The number of para-hydroxylation sites is 2. The topological polar surface area (TPSA) is 78.9 Å². The van der Waals surface area contributed by atoms with Crippen molar-refractivity contribution >= 4 is 28.7 Å². The Morgan fingerprint density at radius 1 is 1.30 bits per heavy atom. The van der Waals surface area contributed by atoms with E-state index in [0.717, 1.165) is 5.69 Å². The molecule has 0 unspecified atom stereocenters. The molecular weight excluding hydrogens is 278 g/mol. The Balaban J connectivity index is 2.32. The van der Waals surface area contributed by atoms with Crippen LogP contribution in [0.2, 0.25) is 5.15 Å². The Kier molecular flexibility index (Phi) is 3.15. The second-order valence-electron chi connectivity index (χ2n) is 4.04. The third kappa shape index (κ3) is 1.94. The summed E-state index contributed by atoms with van der Waals surface area (Å²) < 4.78 is 7.31. The molecule has 20 heavy (non-hydrogen) atoms. The summed E-state index contributed by atoms with van der Waals surface area (Å²) in [6.45, 7) is 2.47. The van der Waals surface area contributed by atoms with Gasteiger partial charge >= 0.3 is 0 Å². The number of ether oxygens (including phenoxy) is 1. The number of aromatic nitrogens is 4. The van der Waals surface area contributed by atoms with Crippen molar-refractivity contribution in [2.45, 2.75) is 6.92 Å². The summed E-state index contributed by atoms with van der Waals surface area (Å²) in [6, 6.07) is 7.52. The van der Waals surface area contributed by atoms with E-state index in [-0.39, 0.29) is 5.95 Å². The van der Waals surface area contributed by atoms with Gasteiger partial charge in [0, 0.05) is 0 Å². The van der Waals surface area contributed by atoms with Crippen LogP contribution in [0.1, 0.15) is 6.92 Å². The summed E-state index contributed by atoms with van der Waals surface area (Å²) in [5.41, 5.74) is 7.77. The van der Waals surface area contributed by atoms with Gasteiger partial charge in [-0.3, -0.25) is 4.57 Å². The average Bonchev–Trinajstić information content (AvgIpc) is 2.77. The second kappa shape index (κ2) is 4.97. The van der Waals surface area contributed by atoms with Gasteiger partial charge in [0.05, 0.1) is 12.3 Å². The first-order valence-corrected chi connectivity index (χ1v) is 6.46. The highest BCUT2D eigenvalue weighted by molar-refractivity contribution is 6.33. The fraction of sp³-hybridized carbons (Fsp3) is 0.154. The molecule has 0 bridgehead atoms. The van der Waals surface area contributed by atoms with Crippen LogP contribution >= 0.6 is 11.6 Å². The van der Waals surface area contributed by atoms with Crippen molar-refractivity contribution in [3.8, 4) is 11.4 Å². The Labute approximate surface area is 120 Å². The van der Waals surface area contributed by atoms with Crippen LogP contribution in [0.25, 0.3) is 16.9 Å². The van der Waals surface area contributed by atoms with E-state index in [2.05, 4.69) is 15.0 Å². The number of hydrogen-bond acceptors (Lipinski definition) is 5. The van der Waals surface area contributed by atoms with Gasteiger partial charge < -0.3 is 10.5 Å². The van der Waals surface area contributed by atoms with Crippen molar-refractivity contribution in [1.29, 1.82) is 0 Å². The number of benzene rings is 1. The molecular formula is C13H12ClN5O. The quantitative estimate of drug-likeness (QED) is 0.749. The lowest BCUT2D eigenvalue weighted by Crippen LogP contribution is -2.04. The highest BCUT2D eigenvalue weighted by atomic mass is 35.5.